The maximum absolute atomic E-state index is 13.6. The molecule has 0 saturated carbocycles. The molecule has 0 aliphatic carbocycles. The van der Waals surface area contributed by atoms with Crippen molar-refractivity contribution in [2.24, 2.45) is 0 Å². The largest absolute Gasteiger partial charge is 0.494 e. The van der Waals surface area contributed by atoms with Gasteiger partial charge in [0.1, 0.15) is 0 Å². The molecule has 2 rings (SSSR count). The number of piperazine rings is 1. The van der Waals surface area contributed by atoms with Crippen LogP contribution in [0.5, 0.6) is 5.75 Å². The van der Waals surface area contributed by atoms with Crippen molar-refractivity contribution in [1.82, 2.24) is 9.80 Å². The maximum Gasteiger partial charge on any atom is 0.165 e. The molecule has 1 heterocycles. The number of hydrogen-bond donors (Lipinski definition) is 0. The zero-order valence-electron chi connectivity index (χ0n) is 11.9. The van der Waals surface area contributed by atoms with E-state index in [0.717, 1.165) is 38.3 Å². The lowest BCUT2D eigenvalue weighted by Crippen LogP contribution is -2.45. The van der Waals surface area contributed by atoms with Gasteiger partial charge in [0.15, 0.2) is 11.6 Å². The zero-order valence-corrected chi connectivity index (χ0v) is 11.9. The minimum atomic E-state index is -0.274. The van der Waals surface area contributed by atoms with E-state index in [4.69, 9.17) is 4.74 Å². The highest BCUT2D eigenvalue weighted by atomic mass is 19.1. The summed E-state index contributed by atoms with van der Waals surface area (Å²) in [6.45, 7) is 8.58. The van der Waals surface area contributed by atoms with Crippen molar-refractivity contribution in [2.75, 3.05) is 39.8 Å². The highest BCUT2D eigenvalue weighted by Gasteiger charge is 2.16. The number of ether oxygens (including phenoxy) is 1. The molecule has 0 unspecified atom stereocenters. The number of nitrogens with zero attached hydrogens (tertiary/aromatic N) is 2. The van der Waals surface area contributed by atoms with Gasteiger partial charge in [0.05, 0.1) is 7.11 Å². The average molecular weight is 266 g/mol. The molecule has 106 valence electrons. The normalized spacial score (nSPS) is 17.6. The Hall–Kier alpha value is -1.13. The molecule has 0 spiro atoms. The molecular formula is C15H23FN2O. The Bertz CT molecular complexity index is 403. The lowest BCUT2D eigenvalue weighted by Gasteiger charge is -2.34. The van der Waals surface area contributed by atoms with E-state index < -0.39 is 0 Å². The fourth-order valence-corrected chi connectivity index (χ4v) is 2.55. The standard InChI is InChI=1S/C15H23FN2O/c1-3-6-17-7-9-18(10-8-17)12-13-4-5-15(19-2)14(16)11-13/h4-5,11H,3,6-10,12H2,1-2H3. The summed E-state index contributed by atoms with van der Waals surface area (Å²) < 4.78 is 18.6. The van der Waals surface area contributed by atoms with E-state index in [1.54, 1.807) is 12.1 Å². The van der Waals surface area contributed by atoms with Crippen LogP contribution < -0.4 is 4.74 Å². The SMILES string of the molecule is CCCN1CCN(Cc2ccc(OC)c(F)c2)CC1. The van der Waals surface area contributed by atoms with Crippen molar-refractivity contribution in [3.8, 4) is 5.75 Å². The molecule has 4 heteroatoms. The van der Waals surface area contributed by atoms with E-state index in [-0.39, 0.29) is 5.82 Å². The summed E-state index contributed by atoms with van der Waals surface area (Å²) in [7, 11) is 1.49. The number of rotatable bonds is 5. The average Bonchev–Trinajstić information content (AvgIpc) is 2.42. The van der Waals surface area contributed by atoms with Crippen LogP contribution in [0.1, 0.15) is 18.9 Å². The monoisotopic (exact) mass is 266 g/mol. The van der Waals surface area contributed by atoms with E-state index in [9.17, 15) is 4.39 Å². The Balaban J connectivity index is 1.87. The van der Waals surface area contributed by atoms with Crippen molar-refractivity contribution < 1.29 is 9.13 Å². The van der Waals surface area contributed by atoms with E-state index in [1.165, 1.54) is 20.1 Å². The van der Waals surface area contributed by atoms with Crippen molar-refractivity contribution in [2.45, 2.75) is 19.9 Å². The quantitative estimate of drug-likeness (QED) is 0.813. The number of methoxy groups -OCH3 is 1. The fraction of sp³-hybridized carbons (Fsp3) is 0.600. The number of halogens is 1. The van der Waals surface area contributed by atoms with Gasteiger partial charge in [-0.15, -0.1) is 0 Å². The van der Waals surface area contributed by atoms with Gasteiger partial charge in [0.25, 0.3) is 0 Å². The van der Waals surface area contributed by atoms with Crippen molar-refractivity contribution in [3.05, 3.63) is 29.6 Å². The third-order valence-corrected chi connectivity index (χ3v) is 3.63. The van der Waals surface area contributed by atoms with Gasteiger partial charge in [0, 0.05) is 32.7 Å². The van der Waals surface area contributed by atoms with E-state index in [0.29, 0.717) is 5.75 Å². The molecule has 0 radical (unpaired) electrons. The minimum Gasteiger partial charge on any atom is -0.494 e. The Morgan fingerprint density at radius 1 is 1.16 bits per heavy atom. The summed E-state index contributed by atoms with van der Waals surface area (Å²) in [4.78, 5) is 4.87. The molecule has 0 N–H and O–H groups in total. The second-order valence-electron chi connectivity index (χ2n) is 5.09. The van der Waals surface area contributed by atoms with Crippen LogP contribution in [0.3, 0.4) is 0 Å². The van der Waals surface area contributed by atoms with Gasteiger partial charge < -0.3 is 9.64 Å². The van der Waals surface area contributed by atoms with Crippen molar-refractivity contribution in [1.29, 1.82) is 0 Å². The van der Waals surface area contributed by atoms with Gasteiger partial charge >= 0.3 is 0 Å². The summed E-state index contributed by atoms with van der Waals surface area (Å²) >= 11 is 0. The van der Waals surface area contributed by atoms with Crippen LogP contribution in [-0.2, 0) is 6.54 Å². The first-order valence-electron chi connectivity index (χ1n) is 7.00. The Kier molecular flexibility index (Phi) is 5.16. The Morgan fingerprint density at radius 3 is 2.42 bits per heavy atom. The molecule has 1 aliphatic rings. The van der Waals surface area contributed by atoms with Crippen LogP contribution in [0, 0.1) is 5.82 Å². The first-order valence-corrected chi connectivity index (χ1v) is 7.00. The van der Waals surface area contributed by atoms with Crippen molar-refractivity contribution >= 4 is 0 Å². The molecule has 1 fully saturated rings. The van der Waals surface area contributed by atoms with E-state index in [1.807, 2.05) is 6.07 Å². The molecular weight excluding hydrogens is 243 g/mol. The van der Waals surface area contributed by atoms with Gasteiger partial charge in [-0.2, -0.15) is 0 Å². The van der Waals surface area contributed by atoms with Crippen LogP contribution in [0.15, 0.2) is 18.2 Å². The molecule has 0 atom stereocenters. The minimum absolute atomic E-state index is 0.274. The maximum atomic E-state index is 13.6. The lowest BCUT2D eigenvalue weighted by atomic mass is 10.2. The lowest BCUT2D eigenvalue weighted by molar-refractivity contribution is 0.127. The van der Waals surface area contributed by atoms with Crippen LogP contribution in [-0.4, -0.2) is 49.6 Å². The topological polar surface area (TPSA) is 15.7 Å². The van der Waals surface area contributed by atoms with Gasteiger partial charge in [-0.3, -0.25) is 4.90 Å². The smallest absolute Gasteiger partial charge is 0.165 e. The molecule has 0 aromatic heterocycles. The third kappa shape index (κ3) is 3.91. The highest BCUT2D eigenvalue weighted by molar-refractivity contribution is 5.29. The summed E-state index contributed by atoms with van der Waals surface area (Å²) in [5, 5.41) is 0. The Labute approximate surface area is 115 Å². The number of hydrogen-bond acceptors (Lipinski definition) is 3. The molecule has 3 nitrogen and oxygen atoms in total. The molecule has 1 aliphatic heterocycles. The molecule has 1 aromatic rings. The first kappa shape index (κ1) is 14.3. The molecule has 0 bridgehead atoms. The summed E-state index contributed by atoms with van der Waals surface area (Å²) in [5.74, 6) is 0.0427. The van der Waals surface area contributed by atoms with Gasteiger partial charge in [-0.25, -0.2) is 4.39 Å². The van der Waals surface area contributed by atoms with Crippen LogP contribution >= 0.6 is 0 Å². The Morgan fingerprint density at radius 2 is 1.84 bits per heavy atom. The highest BCUT2D eigenvalue weighted by Crippen LogP contribution is 2.19. The van der Waals surface area contributed by atoms with Gasteiger partial charge in [-0.05, 0) is 30.7 Å². The van der Waals surface area contributed by atoms with Gasteiger partial charge in [0.2, 0.25) is 0 Å². The summed E-state index contributed by atoms with van der Waals surface area (Å²) in [5.41, 5.74) is 1.02. The molecule has 1 aromatic carbocycles. The first-order chi connectivity index (χ1) is 9.22. The fourth-order valence-electron chi connectivity index (χ4n) is 2.55. The van der Waals surface area contributed by atoms with Crippen LogP contribution in [0.25, 0.3) is 0 Å². The summed E-state index contributed by atoms with van der Waals surface area (Å²) in [6, 6.07) is 5.23. The second-order valence-corrected chi connectivity index (χ2v) is 5.09. The van der Waals surface area contributed by atoms with Gasteiger partial charge in [-0.1, -0.05) is 13.0 Å². The number of benzene rings is 1. The van der Waals surface area contributed by atoms with Crippen LogP contribution in [0.4, 0.5) is 4.39 Å². The molecule has 19 heavy (non-hydrogen) atoms. The molecule has 0 amide bonds. The predicted molar refractivity (Wildman–Crippen MR) is 75.0 cm³/mol. The third-order valence-electron chi connectivity index (χ3n) is 3.63. The summed E-state index contributed by atoms with van der Waals surface area (Å²) in [6.07, 6.45) is 1.21. The van der Waals surface area contributed by atoms with E-state index in [2.05, 4.69) is 16.7 Å². The second kappa shape index (κ2) is 6.87. The van der Waals surface area contributed by atoms with Crippen molar-refractivity contribution in [3.63, 3.8) is 0 Å². The van der Waals surface area contributed by atoms with Crippen LogP contribution in [0.2, 0.25) is 0 Å². The predicted octanol–water partition coefficient (Wildman–Crippen LogP) is 2.36. The zero-order chi connectivity index (χ0) is 13.7. The molecule has 1 saturated heterocycles. The van der Waals surface area contributed by atoms with E-state index >= 15 is 0 Å².